The zero-order chi connectivity index (χ0) is 38.7. The van der Waals surface area contributed by atoms with Crippen LogP contribution in [0.4, 0.5) is 0 Å². The third-order valence-electron chi connectivity index (χ3n) is 13.7. The van der Waals surface area contributed by atoms with Gasteiger partial charge in [-0.2, -0.15) is 0 Å². The molecule has 10 aromatic rings. The summed E-state index contributed by atoms with van der Waals surface area (Å²) in [5, 5.41) is 7.72. The van der Waals surface area contributed by atoms with Crippen molar-refractivity contribution in [3.05, 3.63) is 234 Å². The summed E-state index contributed by atoms with van der Waals surface area (Å²) in [6.07, 6.45) is 6.98. The smallest absolute Gasteiger partial charge is 0.0737 e. The average Bonchev–Trinajstić information content (AvgIpc) is 3.78. The van der Waals surface area contributed by atoms with Crippen LogP contribution in [0.5, 0.6) is 0 Å². The molecule has 1 spiro atoms. The largest absolute Gasteiger partial charge is 0.0836 e. The molecule has 10 aromatic carbocycles. The molecule has 0 N–H and O–H groups in total. The first-order chi connectivity index (χ1) is 29.3. The molecule has 3 aliphatic carbocycles. The molecule has 0 heterocycles. The van der Waals surface area contributed by atoms with E-state index in [-0.39, 0.29) is 0 Å². The lowest BCUT2D eigenvalue weighted by Crippen LogP contribution is -2.27. The molecule has 0 aliphatic heterocycles. The van der Waals surface area contributed by atoms with Crippen LogP contribution >= 0.6 is 0 Å². The highest BCUT2D eigenvalue weighted by Crippen LogP contribution is 2.65. The third-order valence-corrected chi connectivity index (χ3v) is 13.7. The second kappa shape index (κ2) is 12.4. The van der Waals surface area contributed by atoms with Gasteiger partial charge in [0.1, 0.15) is 0 Å². The minimum Gasteiger partial charge on any atom is -0.0836 e. The lowest BCUT2D eigenvalue weighted by Gasteiger charge is -2.33. The van der Waals surface area contributed by atoms with Crippen molar-refractivity contribution in [1.82, 2.24) is 0 Å². The molecular weight excluding hydrogens is 709 g/mol. The van der Waals surface area contributed by atoms with E-state index in [2.05, 4.69) is 206 Å². The Morgan fingerprint density at radius 1 is 0.356 bits per heavy atom. The first-order valence-corrected chi connectivity index (χ1v) is 21.0. The Kier molecular flexibility index (Phi) is 6.86. The van der Waals surface area contributed by atoms with Crippen molar-refractivity contribution in [2.75, 3.05) is 0 Å². The molecule has 13 rings (SSSR count). The lowest BCUT2D eigenvalue weighted by atomic mass is 9.67. The fourth-order valence-corrected chi connectivity index (χ4v) is 11.4. The van der Waals surface area contributed by atoms with Gasteiger partial charge in [-0.3, -0.25) is 0 Å². The second-order valence-corrected chi connectivity index (χ2v) is 16.6. The lowest BCUT2D eigenvalue weighted by molar-refractivity contribution is 0.793. The van der Waals surface area contributed by atoms with Crippen LogP contribution in [0, 0.1) is 0 Å². The normalized spacial score (nSPS) is 14.0. The van der Waals surface area contributed by atoms with Crippen molar-refractivity contribution in [2.24, 2.45) is 0 Å². The summed E-state index contributed by atoms with van der Waals surface area (Å²) >= 11 is 0. The highest BCUT2D eigenvalue weighted by Gasteiger charge is 2.53. The second-order valence-electron chi connectivity index (χ2n) is 16.6. The van der Waals surface area contributed by atoms with Crippen molar-refractivity contribution >= 4 is 38.4 Å². The van der Waals surface area contributed by atoms with Crippen molar-refractivity contribution in [3.8, 4) is 55.6 Å². The van der Waals surface area contributed by atoms with Gasteiger partial charge in [0.15, 0.2) is 0 Å². The van der Waals surface area contributed by atoms with Crippen LogP contribution in [-0.4, -0.2) is 0 Å². The first-order valence-electron chi connectivity index (χ1n) is 21.0. The van der Waals surface area contributed by atoms with Gasteiger partial charge in [-0.25, -0.2) is 0 Å². The van der Waals surface area contributed by atoms with Crippen molar-refractivity contribution in [2.45, 2.75) is 18.3 Å². The number of hydrogen-bond acceptors (Lipinski definition) is 0. The van der Waals surface area contributed by atoms with E-state index in [0.717, 1.165) is 12.8 Å². The van der Waals surface area contributed by atoms with Crippen molar-refractivity contribution in [1.29, 1.82) is 0 Å². The summed E-state index contributed by atoms with van der Waals surface area (Å²) in [6.45, 7) is 0. The van der Waals surface area contributed by atoms with Gasteiger partial charge < -0.3 is 0 Å². The Hall–Kier alpha value is -7.28. The van der Waals surface area contributed by atoms with Gasteiger partial charge in [0, 0.05) is 0 Å². The summed E-state index contributed by atoms with van der Waals surface area (Å²) in [4.78, 5) is 0. The van der Waals surface area contributed by atoms with E-state index in [0.29, 0.717) is 0 Å². The molecule has 274 valence electrons. The van der Waals surface area contributed by atoms with E-state index in [1.807, 2.05) is 0 Å². The topological polar surface area (TPSA) is 0 Å². The van der Waals surface area contributed by atoms with Crippen LogP contribution < -0.4 is 0 Å². The minimum absolute atomic E-state index is 0.394. The number of hydrogen-bond donors (Lipinski definition) is 0. The Bertz CT molecular complexity index is 3310. The van der Waals surface area contributed by atoms with Gasteiger partial charge >= 0.3 is 0 Å². The van der Waals surface area contributed by atoms with Crippen molar-refractivity contribution in [3.63, 3.8) is 0 Å². The monoisotopic (exact) mass is 746 g/mol. The highest BCUT2D eigenvalue weighted by atomic mass is 14.5. The molecule has 0 nitrogen and oxygen atoms in total. The van der Waals surface area contributed by atoms with Gasteiger partial charge in [0.25, 0.3) is 0 Å². The van der Waals surface area contributed by atoms with E-state index in [1.54, 1.807) is 0 Å². The first kappa shape index (κ1) is 32.8. The Balaban J connectivity index is 0.986. The van der Waals surface area contributed by atoms with Crippen LogP contribution in [0.1, 0.15) is 39.8 Å². The molecular formula is C59H38. The third kappa shape index (κ3) is 4.44. The van der Waals surface area contributed by atoms with Gasteiger partial charge in [-0.05, 0) is 140 Å². The molecule has 0 atom stereocenters. The number of fused-ring (bicyclic) bond motifs is 16. The van der Waals surface area contributed by atoms with Gasteiger partial charge in [-0.1, -0.05) is 200 Å². The molecule has 0 aromatic heterocycles. The highest BCUT2D eigenvalue weighted by molar-refractivity contribution is 6.21. The van der Waals surface area contributed by atoms with Crippen LogP contribution in [0.2, 0.25) is 0 Å². The molecule has 0 amide bonds. The summed E-state index contributed by atoms with van der Waals surface area (Å²) in [5.41, 5.74) is 21.1. The minimum atomic E-state index is -0.394. The molecule has 3 aliphatic rings. The molecule has 0 bridgehead atoms. The molecule has 0 unspecified atom stereocenters. The Labute approximate surface area is 344 Å². The average molecular weight is 747 g/mol. The van der Waals surface area contributed by atoms with E-state index >= 15 is 0 Å². The van der Waals surface area contributed by atoms with E-state index in [9.17, 15) is 0 Å². The molecule has 0 saturated heterocycles. The molecule has 0 heteroatoms. The summed E-state index contributed by atoms with van der Waals surface area (Å²) in [6, 6.07) is 73.1. The standard InChI is InChI=1S/C59H38/c1-2-15-39(16-3-1)55-47-20-6-8-22-49(47)56(50-23-9-7-21-48(50)55)40-28-26-37(27-29-40)41-31-33-44-42(36-41)32-35-52-51-34-30-38-14-4-5-17-43(38)57(51)59(58(44)52)53-24-12-10-18-45(53)46-19-11-13-25-54(46)59/h1-3,5-13,15-36H,4,14H2. The Morgan fingerprint density at radius 2 is 0.881 bits per heavy atom. The fourth-order valence-electron chi connectivity index (χ4n) is 11.4. The van der Waals surface area contributed by atoms with Crippen LogP contribution in [0.15, 0.2) is 200 Å². The summed E-state index contributed by atoms with van der Waals surface area (Å²) in [5.74, 6) is 0. The number of rotatable bonds is 3. The molecule has 0 saturated carbocycles. The maximum Gasteiger partial charge on any atom is 0.0737 e. The maximum atomic E-state index is 2.42. The fraction of sp³-hybridized carbons (Fsp3) is 0.0508. The van der Waals surface area contributed by atoms with Crippen LogP contribution in [0.25, 0.3) is 94.0 Å². The Morgan fingerprint density at radius 3 is 1.54 bits per heavy atom. The SMILES string of the molecule is C1=Cc2c(ccc3c2C2(c4ccccc4-c4ccccc42)c2c-3ccc3cc(-c4ccc(-c5c6ccccc6c(-c6ccccc6)c6ccccc56)cc4)ccc23)CC1. The summed E-state index contributed by atoms with van der Waals surface area (Å²) in [7, 11) is 0. The number of aryl methyl sites for hydroxylation is 1. The molecule has 59 heavy (non-hydrogen) atoms. The van der Waals surface area contributed by atoms with Crippen LogP contribution in [0.3, 0.4) is 0 Å². The zero-order valence-corrected chi connectivity index (χ0v) is 32.5. The van der Waals surface area contributed by atoms with Crippen molar-refractivity contribution < 1.29 is 0 Å². The van der Waals surface area contributed by atoms with Gasteiger partial charge in [-0.15, -0.1) is 0 Å². The zero-order valence-electron chi connectivity index (χ0n) is 32.5. The van der Waals surface area contributed by atoms with E-state index in [4.69, 9.17) is 0 Å². The van der Waals surface area contributed by atoms with Gasteiger partial charge in [0.05, 0.1) is 5.41 Å². The van der Waals surface area contributed by atoms with Gasteiger partial charge in [0.2, 0.25) is 0 Å². The van der Waals surface area contributed by atoms with Crippen LogP contribution in [-0.2, 0) is 11.8 Å². The predicted octanol–water partition coefficient (Wildman–Crippen LogP) is 15.5. The molecule has 0 radical (unpaired) electrons. The molecule has 0 fully saturated rings. The quantitative estimate of drug-likeness (QED) is 0.158. The number of benzene rings is 10. The number of allylic oxidation sites excluding steroid dienone is 1. The summed E-state index contributed by atoms with van der Waals surface area (Å²) < 4.78 is 0. The predicted molar refractivity (Wildman–Crippen MR) is 249 cm³/mol. The maximum absolute atomic E-state index is 2.42. The van der Waals surface area contributed by atoms with E-state index in [1.165, 1.54) is 121 Å². The van der Waals surface area contributed by atoms with E-state index < -0.39 is 5.41 Å².